The molecular formula is C11H12BrNO. The summed E-state index contributed by atoms with van der Waals surface area (Å²) in [6.45, 7) is 3.96. The highest BCUT2D eigenvalue weighted by atomic mass is 79.9. The molecule has 0 N–H and O–H groups in total. The number of benzene rings is 1. The van der Waals surface area contributed by atoms with E-state index in [1.807, 2.05) is 24.3 Å². The molecule has 0 aliphatic rings. The molecule has 1 rings (SSSR count). The van der Waals surface area contributed by atoms with Crippen molar-refractivity contribution in [2.75, 3.05) is 6.61 Å². The third-order valence-corrected chi connectivity index (χ3v) is 2.25. The molecule has 3 heteroatoms. The topological polar surface area (TPSA) is 21.6 Å². The van der Waals surface area contributed by atoms with E-state index in [-0.39, 0.29) is 0 Å². The predicted octanol–water partition coefficient (Wildman–Crippen LogP) is 3.12. The summed E-state index contributed by atoms with van der Waals surface area (Å²) in [6, 6.07) is 8.09. The fourth-order valence-electron chi connectivity index (χ4n) is 0.887. The highest BCUT2D eigenvalue weighted by Gasteiger charge is 1.89. The Hall–Kier alpha value is -1.09. The molecule has 14 heavy (non-hydrogen) atoms. The van der Waals surface area contributed by atoms with Crippen molar-refractivity contribution in [2.45, 2.75) is 5.33 Å². The molecule has 1 aromatic rings. The Labute approximate surface area is 92.4 Å². The van der Waals surface area contributed by atoms with E-state index in [1.165, 1.54) is 5.56 Å². The lowest BCUT2D eigenvalue weighted by molar-refractivity contribution is 0.176. The molecule has 0 saturated heterocycles. The second-order valence-corrected chi connectivity index (χ2v) is 3.25. The molecule has 0 aliphatic heterocycles. The van der Waals surface area contributed by atoms with E-state index < -0.39 is 0 Å². The molecule has 0 saturated carbocycles. The summed E-state index contributed by atoms with van der Waals surface area (Å²) in [5.41, 5.74) is 2.27. The molecule has 0 amide bonds. The van der Waals surface area contributed by atoms with Gasteiger partial charge in [-0.05, 0) is 11.1 Å². The minimum atomic E-state index is 0.440. The lowest BCUT2D eigenvalue weighted by atomic mass is 10.2. The van der Waals surface area contributed by atoms with Crippen molar-refractivity contribution in [3.8, 4) is 0 Å². The molecule has 0 spiro atoms. The molecule has 0 aromatic heterocycles. The van der Waals surface area contributed by atoms with Crippen molar-refractivity contribution >= 4 is 22.1 Å². The van der Waals surface area contributed by atoms with Gasteiger partial charge in [-0.2, -0.15) is 0 Å². The normalized spacial score (nSPS) is 10.4. The Morgan fingerprint density at radius 3 is 2.64 bits per heavy atom. The minimum Gasteiger partial charge on any atom is -0.392 e. The van der Waals surface area contributed by atoms with Crippen molar-refractivity contribution in [2.24, 2.45) is 5.16 Å². The van der Waals surface area contributed by atoms with Gasteiger partial charge < -0.3 is 4.84 Å². The molecule has 0 bridgehead atoms. The number of hydrogen-bond acceptors (Lipinski definition) is 2. The zero-order valence-corrected chi connectivity index (χ0v) is 9.40. The van der Waals surface area contributed by atoms with Crippen LogP contribution in [0.3, 0.4) is 0 Å². The van der Waals surface area contributed by atoms with Crippen molar-refractivity contribution in [1.29, 1.82) is 0 Å². The Morgan fingerprint density at radius 1 is 1.36 bits per heavy atom. The molecule has 74 valence electrons. The van der Waals surface area contributed by atoms with Crippen LogP contribution in [0.4, 0.5) is 0 Å². The SMILES string of the molecule is C=CCO/N=C/c1ccc(CBr)cc1. The number of alkyl halides is 1. The maximum Gasteiger partial charge on any atom is 0.135 e. The quantitative estimate of drug-likeness (QED) is 0.260. The fourth-order valence-corrected chi connectivity index (χ4v) is 1.26. The van der Waals surface area contributed by atoms with E-state index in [0.717, 1.165) is 10.9 Å². The Morgan fingerprint density at radius 2 is 2.07 bits per heavy atom. The van der Waals surface area contributed by atoms with Gasteiger partial charge in [0.2, 0.25) is 0 Å². The van der Waals surface area contributed by atoms with Crippen molar-refractivity contribution in [1.82, 2.24) is 0 Å². The molecule has 0 fully saturated rings. The average molecular weight is 254 g/mol. The predicted molar refractivity (Wildman–Crippen MR) is 62.8 cm³/mol. The largest absolute Gasteiger partial charge is 0.392 e. The molecule has 0 radical (unpaired) electrons. The first-order chi connectivity index (χ1) is 6.86. The zero-order chi connectivity index (χ0) is 10.2. The second kappa shape index (κ2) is 6.38. The summed E-state index contributed by atoms with van der Waals surface area (Å²) in [5, 5.41) is 4.65. The van der Waals surface area contributed by atoms with Crippen LogP contribution in [-0.2, 0) is 10.2 Å². The van der Waals surface area contributed by atoms with Gasteiger partial charge in [-0.1, -0.05) is 58.0 Å². The second-order valence-electron chi connectivity index (χ2n) is 2.69. The third kappa shape index (κ3) is 3.75. The Balaban J connectivity index is 2.50. The van der Waals surface area contributed by atoms with Gasteiger partial charge >= 0.3 is 0 Å². The number of hydrogen-bond donors (Lipinski definition) is 0. The highest BCUT2D eigenvalue weighted by molar-refractivity contribution is 9.08. The molecule has 0 atom stereocenters. The number of halogens is 1. The van der Waals surface area contributed by atoms with Crippen LogP contribution in [0.2, 0.25) is 0 Å². The van der Waals surface area contributed by atoms with Crippen molar-refractivity contribution in [3.05, 3.63) is 48.0 Å². The minimum absolute atomic E-state index is 0.440. The number of rotatable bonds is 5. The number of nitrogens with zero attached hydrogens (tertiary/aromatic N) is 1. The lowest BCUT2D eigenvalue weighted by Gasteiger charge is -1.96. The van der Waals surface area contributed by atoms with E-state index in [9.17, 15) is 0 Å². The maximum atomic E-state index is 4.89. The highest BCUT2D eigenvalue weighted by Crippen LogP contribution is 2.06. The number of oxime groups is 1. The fraction of sp³-hybridized carbons (Fsp3) is 0.182. The smallest absolute Gasteiger partial charge is 0.135 e. The molecular weight excluding hydrogens is 242 g/mol. The van der Waals surface area contributed by atoms with Crippen LogP contribution in [0.15, 0.2) is 42.1 Å². The van der Waals surface area contributed by atoms with Gasteiger partial charge in [0.1, 0.15) is 6.61 Å². The molecule has 0 heterocycles. The first-order valence-corrected chi connectivity index (χ1v) is 5.40. The van der Waals surface area contributed by atoms with E-state index >= 15 is 0 Å². The Bertz CT molecular complexity index is 306. The van der Waals surface area contributed by atoms with Gasteiger partial charge in [0, 0.05) is 5.33 Å². The van der Waals surface area contributed by atoms with Crippen LogP contribution in [0.5, 0.6) is 0 Å². The summed E-state index contributed by atoms with van der Waals surface area (Å²) < 4.78 is 0. The first kappa shape index (κ1) is 11.0. The monoisotopic (exact) mass is 253 g/mol. The maximum absolute atomic E-state index is 4.89. The molecule has 0 aliphatic carbocycles. The van der Waals surface area contributed by atoms with E-state index in [1.54, 1.807) is 12.3 Å². The Kier molecular flexibility index (Phi) is 5.00. The summed E-state index contributed by atoms with van der Waals surface area (Å²) >= 11 is 3.39. The van der Waals surface area contributed by atoms with Crippen LogP contribution in [0.1, 0.15) is 11.1 Å². The summed E-state index contributed by atoms with van der Waals surface area (Å²) in [4.78, 5) is 4.89. The average Bonchev–Trinajstić information content (AvgIpc) is 2.25. The van der Waals surface area contributed by atoms with Gasteiger partial charge in [0.25, 0.3) is 0 Å². The zero-order valence-electron chi connectivity index (χ0n) is 7.82. The standard InChI is InChI=1S/C11H12BrNO/c1-2-7-14-13-9-11-5-3-10(8-12)4-6-11/h2-6,9H,1,7-8H2/b13-9+. The van der Waals surface area contributed by atoms with E-state index in [4.69, 9.17) is 4.84 Å². The molecule has 0 unspecified atom stereocenters. The van der Waals surface area contributed by atoms with Crippen LogP contribution in [0.25, 0.3) is 0 Å². The van der Waals surface area contributed by atoms with Crippen LogP contribution in [0, 0.1) is 0 Å². The van der Waals surface area contributed by atoms with Crippen molar-refractivity contribution < 1.29 is 4.84 Å². The third-order valence-electron chi connectivity index (χ3n) is 1.60. The molecule has 1 aromatic carbocycles. The van der Waals surface area contributed by atoms with E-state index in [0.29, 0.717) is 6.61 Å². The molecule has 2 nitrogen and oxygen atoms in total. The van der Waals surface area contributed by atoms with Crippen LogP contribution >= 0.6 is 15.9 Å². The summed E-state index contributed by atoms with van der Waals surface area (Å²) in [6.07, 6.45) is 3.34. The first-order valence-electron chi connectivity index (χ1n) is 4.28. The van der Waals surface area contributed by atoms with Crippen LogP contribution in [-0.4, -0.2) is 12.8 Å². The van der Waals surface area contributed by atoms with Gasteiger partial charge in [0.05, 0.1) is 6.21 Å². The lowest BCUT2D eigenvalue weighted by Crippen LogP contribution is -1.85. The van der Waals surface area contributed by atoms with E-state index in [2.05, 4.69) is 27.7 Å². The van der Waals surface area contributed by atoms with Gasteiger partial charge in [0.15, 0.2) is 0 Å². The van der Waals surface area contributed by atoms with Gasteiger partial charge in [-0.15, -0.1) is 0 Å². The summed E-state index contributed by atoms with van der Waals surface area (Å²) in [7, 11) is 0. The summed E-state index contributed by atoms with van der Waals surface area (Å²) in [5.74, 6) is 0. The van der Waals surface area contributed by atoms with Gasteiger partial charge in [-0.25, -0.2) is 0 Å². The van der Waals surface area contributed by atoms with Crippen LogP contribution < -0.4 is 0 Å². The van der Waals surface area contributed by atoms with Gasteiger partial charge in [-0.3, -0.25) is 0 Å². The van der Waals surface area contributed by atoms with Crippen molar-refractivity contribution in [3.63, 3.8) is 0 Å².